The van der Waals surface area contributed by atoms with Crippen molar-refractivity contribution in [3.8, 4) is 5.75 Å². The molecule has 106 valence electrons. The van der Waals surface area contributed by atoms with Crippen molar-refractivity contribution in [1.82, 2.24) is 5.32 Å². The van der Waals surface area contributed by atoms with Crippen LogP contribution < -0.4 is 5.32 Å². The van der Waals surface area contributed by atoms with Gasteiger partial charge in [-0.3, -0.25) is 4.79 Å². The normalized spacial score (nSPS) is 37.9. The third-order valence-electron chi connectivity index (χ3n) is 5.67. The topological polar surface area (TPSA) is 49.3 Å². The molecule has 4 fully saturated rings. The number of para-hydroxylation sites is 1. The molecule has 2 N–H and O–H groups in total. The Labute approximate surface area is 119 Å². The first-order valence-electron chi connectivity index (χ1n) is 7.79. The van der Waals surface area contributed by atoms with E-state index in [2.05, 4.69) is 5.32 Å². The molecule has 0 spiro atoms. The molecule has 4 bridgehead atoms. The molecular weight excluding hydrogens is 250 g/mol. The predicted molar refractivity (Wildman–Crippen MR) is 76.4 cm³/mol. The van der Waals surface area contributed by atoms with E-state index >= 15 is 0 Å². The number of hydrogen-bond acceptors (Lipinski definition) is 2. The SMILES string of the molecule is O=C(NC1C2CC3CC(C2)CC1C3)c1ccccc1O. The average molecular weight is 271 g/mol. The number of nitrogens with one attached hydrogen (secondary N) is 1. The first-order valence-corrected chi connectivity index (χ1v) is 7.79. The molecule has 1 aromatic carbocycles. The number of phenols is 1. The van der Waals surface area contributed by atoms with Crippen molar-refractivity contribution in [2.75, 3.05) is 0 Å². The van der Waals surface area contributed by atoms with Gasteiger partial charge in [0.2, 0.25) is 0 Å². The Morgan fingerprint density at radius 3 is 2.20 bits per heavy atom. The molecule has 3 nitrogen and oxygen atoms in total. The zero-order valence-electron chi connectivity index (χ0n) is 11.6. The summed E-state index contributed by atoms with van der Waals surface area (Å²) in [6.45, 7) is 0. The number of phenolic OH excluding ortho intramolecular Hbond substituents is 1. The molecule has 0 unspecified atom stereocenters. The van der Waals surface area contributed by atoms with Crippen LogP contribution >= 0.6 is 0 Å². The van der Waals surface area contributed by atoms with Gasteiger partial charge in [0, 0.05) is 6.04 Å². The molecule has 1 aromatic rings. The van der Waals surface area contributed by atoms with E-state index in [1.807, 2.05) is 0 Å². The molecule has 0 aliphatic heterocycles. The van der Waals surface area contributed by atoms with Crippen LogP contribution in [0.25, 0.3) is 0 Å². The van der Waals surface area contributed by atoms with Crippen LogP contribution in [-0.4, -0.2) is 17.1 Å². The van der Waals surface area contributed by atoms with Crippen LogP contribution in [0, 0.1) is 23.7 Å². The molecule has 20 heavy (non-hydrogen) atoms. The van der Waals surface area contributed by atoms with Gasteiger partial charge in [0.25, 0.3) is 5.91 Å². The smallest absolute Gasteiger partial charge is 0.255 e. The average Bonchev–Trinajstić information content (AvgIpc) is 2.42. The van der Waals surface area contributed by atoms with Crippen molar-refractivity contribution >= 4 is 5.91 Å². The summed E-state index contributed by atoms with van der Waals surface area (Å²) in [6.07, 6.45) is 6.59. The summed E-state index contributed by atoms with van der Waals surface area (Å²) >= 11 is 0. The minimum absolute atomic E-state index is 0.0776. The fourth-order valence-electron chi connectivity index (χ4n) is 5.06. The quantitative estimate of drug-likeness (QED) is 0.869. The van der Waals surface area contributed by atoms with Gasteiger partial charge in [-0.25, -0.2) is 0 Å². The Bertz CT molecular complexity index is 512. The van der Waals surface area contributed by atoms with E-state index in [-0.39, 0.29) is 11.7 Å². The molecule has 4 saturated carbocycles. The lowest BCUT2D eigenvalue weighted by Gasteiger charge is -2.54. The van der Waals surface area contributed by atoms with E-state index in [4.69, 9.17) is 0 Å². The second-order valence-electron chi connectivity index (χ2n) is 6.95. The Kier molecular flexibility index (Phi) is 2.76. The van der Waals surface area contributed by atoms with Gasteiger partial charge in [-0.15, -0.1) is 0 Å². The van der Waals surface area contributed by atoms with Crippen LogP contribution in [0.5, 0.6) is 5.75 Å². The lowest BCUT2D eigenvalue weighted by molar-refractivity contribution is -0.0119. The van der Waals surface area contributed by atoms with Crippen molar-refractivity contribution in [1.29, 1.82) is 0 Å². The molecule has 0 radical (unpaired) electrons. The van der Waals surface area contributed by atoms with Gasteiger partial charge in [0.15, 0.2) is 0 Å². The summed E-state index contributed by atoms with van der Waals surface area (Å²) in [5.41, 5.74) is 0.404. The van der Waals surface area contributed by atoms with Crippen LogP contribution in [0.15, 0.2) is 24.3 Å². The maximum atomic E-state index is 12.4. The largest absolute Gasteiger partial charge is 0.507 e. The number of amides is 1. The number of carbonyl (C=O) groups is 1. The minimum atomic E-state index is -0.111. The van der Waals surface area contributed by atoms with Gasteiger partial charge in [0.1, 0.15) is 5.75 Å². The molecule has 3 heteroatoms. The second kappa shape index (κ2) is 4.51. The predicted octanol–water partition coefficient (Wildman–Crippen LogP) is 2.95. The van der Waals surface area contributed by atoms with E-state index in [1.165, 1.54) is 32.1 Å². The fraction of sp³-hybridized carbons (Fsp3) is 0.588. The highest BCUT2D eigenvalue weighted by Crippen LogP contribution is 2.53. The number of benzene rings is 1. The molecular formula is C17H21NO2. The van der Waals surface area contributed by atoms with Gasteiger partial charge in [-0.2, -0.15) is 0 Å². The van der Waals surface area contributed by atoms with E-state index in [0.717, 1.165) is 11.8 Å². The zero-order chi connectivity index (χ0) is 13.7. The highest BCUT2D eigenvalue weighted by Gasteiger charge is 2.48. The maximum Gasteiger partial charge on any atom is 0.255 e. The van der Waals surface area contributed by atoms with E-state index in [1.54, 1.807) is 24.3 Å². The van der Waals surface area contributed by atoms with Crippen LogP contribution in [0.2, 0.25) is 0 Å². The summed E-state index contributed by atoms with van der Waals surface area (Å²) in [5, 5.41) is 13.0. The third-order valence-corrected chi connectivity index (χ3v) is 5.67. The zero-order valence-corrected chi connectivity index (χ0v) is 11.6. The maximum absolute atomic E-state index is 12.4. The standard InChI is InChI=1S/C17H21NO2/c19-15-4-2-1-3-14(15)17(20)18-16-12-6-10-5-11(8-12)9-13(16)7-10/h1-4,10-13,16,19H,5-9H2,(H,18,20). The number of hydrogen-bond donors (Lipinski definition) is 2. The molecule has 1 amide bonds. The summed E-state index contributed by atoms with van der Waals surface area (Å²) < 4.78 is 0. The molecule has 0 atom stereocenters. The van der Waals surface area contributed by atoms with E-state index < -0.39 is 0 Å². The summed E-state index contributed by atoms with van der Waals surface area (Å²) in [6, 6.07) is 7.14. The molecule has 0 aromatic heterocycles. The number of aromatic hydroxyl groups is 1. The van der Waals surface area contributed by atoms with Crippen molar-refractivity contribution in [2.24, 2.45) is 23.7 Å². The van der Waals surface area contributed by atoms with E-state index in [9.17, 15) is 9.90 Å². The number of rotatable bonds is 2. The van der Waals surface area contributed by atoms with Crippen molar-refractivity contribution in [2.45, 2.75) is 38.1 Å². The van der Waals surface area contributed by atoms with Crippen molar-refractivity contribution in [3.63, 3.8) is 0 Å². The summed E-state index contributed by atoms with van der Waals surface area (Å²) in [4.78, 5) is 12.4. The van der Waals surface area contributed by atoms with Gasteiger partial charge < -0.3 is 10.4 Å². The molecule has 4 aliphatic carbocycles. The van der Waals surface area contributed by atoms with Crippen LogP contribution in [0.3, 0.4) is 0 Å². The Morgan fingerprint density at radius 2 is 1.60 bits per heavy atom. The Balaban J connectivity index is 1.52. The molecule has 5 rings (SSSR count). The van der Waals surface area contributed by atoms with Crippen LogP contribution in [-0.2, 0) is 0 Å². The first-order chi connectivity index (χ1) is 9.70. The lowest BCUT2D eigenvalue weighted by atomic mass is 9.54. The molecule has 4 aliphatic rings. The first kappa shape index (κ1) is 12.2. The van der Waals surface area contributed by atoms with Gasteiger partial charge >= 0.3 is 0 Å². The second-order valence-corrected chi connectivity index (χ2v) is 6.95. The summed E-state index contributed by atoms with van der Waals surface area (Å²) in [7, 11) is 0. The minimum Gasteiger partial charge on any atom is -0.507 e. The number of carbonyl (C=O) groups excluding carboxylic acids is 1. The van der Waals surface area contributed by atoms with E-state index in [0.29, 0.717) is 23.4 Å². The molecule has 0 heterocycles. The lowest BCUT2D eigenvalue weighted by Crippen LogP contribution is -2.55. The van der Waals surface area contributed by atoms with Crippen molar-refractivity contribution in [3.05, 3.63) is 29.8 Å². The van der Waals surface area contributed by atoms with Gasteiger partial charge in [0.05, 0.1) is 5.56 Å². The monoisotopic (exact) mass is 271 g/mol. The van der Waals surface area contributed by atoms with Gasteiger partial charge in [-0.05, 0) is 67.9 Å². The van der Waals surface area contributed by atoms with Crippen molar-refractivity contribution < 1.29 is 9.90 Å². The van der Waals surface area contributed by atoms with Crippen LogP contribution in [0.4, 0.5) is 0 Å². The highest BCUT2D eigenvalue weighted by molar-refractivity contribution is 5.97. The Hall–Kier alpha value is -1.51. The molecule has 0 saturated heterocycles. The third kappa shape index (κ3) is 1.91. The fourth-order valence-corrected chi connectivity index (χ4v) is 5.06. The Morgan fingerprint density at radius 1 is 1.00 bits per heavy atom. The summed E-state index contributed by atoms with van der Waals surface area (Å²) in [5.74, 6) is 3.13. The highest BCUT2D eigenvalue weighted by atomic mass is 16.3. The van der Waals surface area contributed by atoms with Crippen LogP contribution in [0.1, 0.15) is 42.5 Å². The van der Waals surface area contributed by atoms with Gasteiger partial charge in [-0.1, -0.05) is 12.1 Å².